The van der Waals surface area contributed by atoms with Gasteiger partial charge in [0, 0.05) is 11.7 Å². The fourth-order valence-electron chi connectivity index (χ4n) is 1.21. The van der Waals surface area contributed by atoms with Crippen molar-refractivity contribution in [3.63, 3.8) is 0 Å². The Morgan fingerprint density at radius 1 is 1.33 bits per heavy atom. The minimum Gasteiger partial charge on any atom is -0.367 e. The fourth-order valence-corrected chi connectivity index (χ4v) is 1.21. The third kappa shape index (κ3) is 3.25. The van der Waals surface area contributed by atoms with E-state index >= 15 is 0 Å². The fraction of sp³-hybridized carbons (Fsp3) is 0.500. The minimum atomic E-state index is 0.353. The normalized spacial score (nSPS) is 12.3. The predicted octanol–water partition coefficient (Wildman–Crippen LogP) is 2.72. The lowest BCUT2D eigenvalue weighted by Gasteiger charge is -2.18. The van der Waals surface area contributed by atoms with E-state index in [2.05, 4.69) is 37.1 Å². The summed E-state index contributed by atoms with van der Waals surface area (Å²) in [5.41, 5.74) is 1.52. The molecule has 1 aromatic heterocycles. The first-order chi connectivity index (χ1) is 7.02. The Morgan fingerprint density at radius 3 is 2.53 bits per heavy atom. The molecule has 0 radical (unpaired) electrons. The van der Waals surface area contributed by atoms with E-state index in [0.717, 1.165) is 11.5 Å². The number of hydrogen-bond acceptors (Lipinski definition) is 3. The van der Waals surface area contributed by atoms with Gasteiger partial charge in [0.2, 0.25) is 0 Å². The zero-order chi connectivity index (χ0) is 11.4. The van der Waals surface area contributed by atoms with Crippen LogP contribution in [-0.4, -0.2) is 11.0 Å². The summed E-state index contributed by atoms with van der Waals surface area (Å²) in [7, 11) is 0. The Balaban J connectivity index is 2.87. The van der Waals surface area contributed by atoms with Crippen molar-refractivity contribution in [2.75, 3.05) is 5.32 Å². The van der Waals surface area contributed by atoms with Crippen LogP contribution in [0.15, 0.2) is 12.1 Å². The molecule has 15 heavy (non-hydrogen) atoms. The molecule has 0 aliphatic carbocycles. The summed E-state index contributed by atoms with van der Waals surface area (Å²) >= 11 is 0. The van der Waals surface area contributed by atoms with Crippen LogP contribution in [0.3, 0.4) is 0 Å². The predicted molar refractivity (Wildman–Crippen MR) is 61.6 cm³/mol. The van der Waals surface area contributed by atoms with Gasteiger partial charge in [0.25, 0.3) is 0 Å². The van der Waals surface area contributed by atoms with Crippen LogP contribution in [0.2, 0.25) is 0 Å². The summed E-state index contributed by atoms with van der Waals surface area (Å²) in [4.78, 5) is 4.34. The van der Waals surface area contributed by atoms with Crippen LogP contribution in [0.5, 0.6) is 0 Å². The molecule has 1 unspecified atom stereocenters. The van der Waals surface area contributed by atoms with Crippen LogP contribution in [0, 0.1) is 24.2 Å². The zero-order valence-corrected chi connectivity index (χ0v) is 9.70. The zero-order valence-electron chi connectivity index (χ0n) is 9.70. The molecule has 0 saturated carbocycles. The molecule has 3 heteroatoms. The first kappa shape index (κ1) is 11.5. The summed E-state index contributed by atoms with van der Waals surface area (Å²) in [6.45, 7) is 8.31. The molecular weight excluding hydrogens is 186 g/mol. The maximum atomic E-state index is 8.82. The van der Waals surface area contributed by atoms with Crippen molar-refractivity contribution in [1.82, 2.24) is 4.98 Å². The van der Waals surface area contributed by atoms with E-state index in [1.807, 2.05) is 6.92 Å². The molecular formula is C12H17N3. The molecule has 0 saturated heterocycles. The highest BCUT2D eigenvalue weighted by atomic mass is 15.0. The smallest absolute Gasteiger partial charge is 0.127 e. The monoisotopic (exact) mass is 203 g/mol. The molecule has 80 valence electrons. The molecule has 1 atom stereocenters. The van der Waals surface area contributed by atoms with Crippen molar-refractivity contribution < 1.29 is 0 Å². The lowest BCUT2D eigenvalue weighted by atomic mass is 10.1. The number of rotatable bonds is 3. The van der Waals surface area contributed by atoms with E-state index in [1.165, 1.54) is 0 Å². The molecule has 0 aliphatic rings. The van der Waals surface area contributed by atoms with E-state index < -0.39 is 0 Å². The second-order valence-corrected chi connectivity index (χ2v) is 4.17. The second-order valence-electron chi connectivity index (χ2n) is 4.17. The summed E-state index contributed by atoms with van der Waals surface area (Å²) in [6.07, 6.45) is 0. The first-order valence-corrected chi connectivity index (χ1v) is 5.18. The van der Waals surface area contributed by atoms with E-state index in [4.69, 9.17) is 5.26 Å². The molecule has 1 heterocycles. The number of anilines is 1. The van der Waals surface area contributed by atoms with Gasteiger partial charge in [-0.15, -0.1) is 0 Å². The molecule has 1 aromatic rings. The van der Waals surface area contributed by atoms with Gasteiger partial charge in [-0.25, -0.2) is 4.98 Å². The van der Waals surface area contributed by atoms with E-state index in [0.29, 0.717) is 17.5 Å². The Labute approximate surface area is 91.1 Å². The van der Waals surface area contributed by atoms with Crippen LogP contribution in [-0.2, 0) is 0 Å². The molecule has 0 aliphatic heterocycles. The summed E-state index contributed by atoms with van der Waals surface area (Å²) < 4.78 is 0. The van der Waals surface area contributed by atoms with Crippen LogP contribution < -0.4 is 5.32 Å². The largest absolute Gasteiger partial charge is 0.367 e. The number of hydrogen-bond donors (Lipinski definition) is 1. The molecule has 1 N–H and O–H groups in total. The number of nitrogens with one attached hydrogen (secondary N) is 1. The van der Waals surface area contributed by atoms with Gasteiger partial charge >= 0.3 is 0 Å². The van der Waals surface area contributed by atoms with Gasteiger partial charge in [0.15, 0.2) is 0 Å². The van der Waals surface area contributed by atoms with E-state index in [-0.39, 0.29) is 0 Å². The van der Waals surface area contributed by atoms with Crippen molar-refractivity contribution in [3.8, 4) is 6.07 Å². The quantitative estimate of drug-likeness (QED) is 0.821. The van der Waals surface area contributed by atoms with Gasteiger partial charge in [-0.05, 0) is 31.9 Å². The van der Waals surface area contributed by atoms with Crippen LogP contribution in [0.25, 0.3) is 0 Å². The van der Waals surface area contributed by atoms with Gasteiger partial charge in [-0.3, -0.25) is 0 Å². The van der Waals surface area contributed by atoms with Crippen LogP contribution in [0.1, 0.15) is 32.0 Å². The molecule has 0 amide bonds. The SMILES string of the molecule is Cc1cc(C#N)cc(NC(C)C(C)C)n1. The Bertz CT molecular complexity index is 377. The average molecular weight is 203 g/mol. The van der Waals surface area contributed by atoms with E-state index in [1.54, 1.807) is 12.1 Å². The standard InChI is InChI=1S/C12H17N3/c1-8(2)10(4)15-12-6-11(7-13)5-9(3)14-12/h5-6,8,10H,1-4H3,(H,14,15). The second kappa shape index (κ2) is 4.79. The number of nitriles is 1. The van der Waals surface area contributed by atoms with Gasteiger partial charge < -0.3 is 5.32 Å². The van der Waals surface area contributed by atoms with Crippen molar-refractivity contribution >= 4 is 5.82 Å². The average Bonchev–Trinajstić information content (AvgIpc) is 2.16. The van der Waals surface area contributed by atoms with Gasteiger partial charge in [0.05, 0.1) is 11.6 Å². The lowest BCUT2D eigenvalue weighted by Crippen LogP contribution is -2.22. The Morgan fingerprint density at radius 2 is 2.00 bits per heavy atom. The summed E-state index contributed by atoms with van der Waals surface area (Å²) in [6, 6.07) is 6.05. The molecule has 1 rings (SSSR count). The van der Waals surface area contributed by atoms with Crippen molar-refractivity contribution in [2.24, 2.45) is 5.92 Å². The third-order valence-corrected chi connectivity index (χ3v) is 2.46. The molecule has 3 nitrogen and oxygen atoms in total. The van der Waals surface area contributed by atoms with Crippen molar-refractivity contribution in [1.29, 1.82) is 5.26 Å². The highest BCUT2D eigenvalue weighted by Gasteiger charge is 2.08. The maximum Gasteiger partial charge on any atom is 0.127 e. The summed E-state index contributed by atoms with van der Waals surface area (Å²) in [5.74, 6) is 1.32. The highest BCUT2D eigenvalue weighted by molar-refractivity contribution is 5.44. The van der Waals surface area contributed by atoms with Crippen LogP contribution in [0.4, 0.5) is 5.82 Å². The minimum absolute atomic E-state index is 0.353. The summed E-state index contributed by atoms with van der Waals surface area (Å²) in [5, 5.41) is 12.1. The lowest BCUT2D eigenvalue weighted by molar-refractivity contribution is 0.558. The first-order valence-electron chi connectivity index (χ1n) is 5.18. The third-order valence-electron chi connectivity index (χ3n) is 2.46. The molecule has 0 bridgehead atoms. The maximum absolute atomic E-state index is 8.82. The number of pyridine rings is 1. The Kier molecular flexibility index (Phi) is 3.68. The molecule has 0 fully saturated rings. The van der Waals surface area contributed by atoms with Crippen LogP contribution >= 0.6 is 0 Å². The Hall–Kier alpha value is -1.56. The topological polar surface area (TPSA) is 48.7 Å². The number of aromatic nitrogens is 1. The molecule has 0 aromatic carbocycles. The van der Waals surface area contributed by atoms with Gasteiger partial charge in [0.1, 0.15) is 5.82 Å². The van der Waals surface area contributed by atoms with Crippen molar-refractivity contribution in [3.05, 3.63) is 23.4 Å². The number of nitrogens with zero attached hydrogens (tertiary/aromatic N) is 2. The van der Waals surface area contributed by atoms with Gasteiger partial charge in [-0.1, -0.05) is 13.8 Å². The van der Waals surface area contributed by atoms with Gasteiger partial charge in [-0.2, -0.15) is 5.26 Å². The highest BCUT2D eigenvalue weighted by Crippen LogP contribution is 2.13. The van der Waals surface area contributed by atoms with Crippen molar-refractivity contribution in [2.45, 2.75) is 33.7 Å². The molecule has 0 spiro atoms. The van der Waals surface area contributed by atoms with E-state index in [9.17, 15) is 0 Å². The number of aryl methyl sites for hydroxylation is 1.